The second kappa shape index (κ2) is 6.39. The van der Waals surface area contributed by atoms with Gasteiger partial charge in [-0.25, -0.2) is 14.8 Å². The highest BCUT2D eigenvalue weighted by Crippen LogP contribution is 2.27. The molecule has 0 aliphatic carbocycles. The predicted molar refractivity (Wildman–Crippen MR) is 88.8 cm³/mol. The second-order valence-electron chi connectivity index (χ2n) is 6.09. The smallest absolute Gasteiger partial charge is 0.335 e. The zero-order valence-electron chi connectivity index (χ0n) is 13.7. The van der Waals surface area contributed by atoms with Gasteiger partial charge in [0.05, 0.1) is 11.3 Å². The van der Waals surface area contributed by atoms with E-state index in [1.165, 1.54) is 0 Å². The lowest BCUT2D eigenvalue weighted by Crippen LogP contribution is -2.25. The Morgan fingerprint density at radius 2 is 1.92 bits per heavy atom. The summed E-state index contributed by atoms with van der Waals surface area (Å²) in [5, 5.41) is 8.99. The van der Waals surface area contributed by atoms with Crippen LogP contribution in [0.25, 0.3) is 11.3 Å². The van der Waals surface area contributed by atoms with Crippen LogP contribution in [0.3, 0.4) is 0 Å². The molecule has 2 heterocycles. The first-order valence-electron chi connectivity index (χ1n) is 7.89. The minimum atomic E-state index is -0.948. The SMILES string of the molecule is CC(=O)N1CCC(c2nc(C)cc(-c3ccc(C(=O)O)cc3)n2)C1. The number of aromatic carboxylic acids is 1. The molecule has 0 saturated carbocycles. The van der Waals surface area contributed by atoms with Gasteiger partial charge in [0.15, 0.2) is 0 Å². The van der Waals surface area contributed by atoms with Crippen LogP contribution in [0.2, 0.25) is 0 Å². The summed E-state index contributed by atoms with van der Waals surface area (Å²) in [6, 6.07) is 8.54. The molecule has 1 aromatic heterocycles. The van der Waals surface area contributed by atoms with Crippen LogP contribution in [0.4, 0.5) is 0 Å². The van der Waals surface area contributed by atoms with E-state index in [0.717, 1.165) is 35.7 Å². The molecule has 1 N–H and O–H groups in total. The van der Waals surface area contributed by atoms with E-state index in [1.807, 2.05) is 17.9 Å². The van der Waals surface area contributed by atoms with Crippen molar-refractivity contribution in [1.82, 2.24) is 14.9 Å². The van der Waals surface area contributed by atoms with Crippen LogP contribution < -0.4 is 0 Å². The summed E-state index contributed by atoms with van der Waals surface area (Å²) in [7, 11) is 0. The van der Waals surface area contributed by atoms with Gasteiger partial charge in [-0.1, -0.05) is 12.1 Å². The number of aromatic nitrogens is 2. The molecule has 6 nitrogen and oxygen atoms in total. The molecule has 124 valence electrons. The van der Waals surface area contributed by atoms with E-state index < -0.39 is 5.97 Å². The number of hydrogen-bond acceptors (Lipinski definition) is 4. The van der Waals surface area contributed by atoms with Crippen molar-refractivity contribution in [2.75, 3.05) is 13.1 Å². The van der Waals surface area contributed by atoms with Gasteiger partial charge in [-0.3, -0.25) is 4.79 Å². The summed E-state index contributed by atoms with van der Waals surface area (Å²) >= 11 is 0. The largest absolute Gasteiger partial charge is 0.478 e. The first-order valence-corrected chi connectivity index (χ1v) is 7.89. The lowest BCUT2D eigenvalue weighted by atomic mass is 10.1. The van der Waals surface area contributed by atoms with Crippen LogP contribution in [0, 0.1) is 6.92 Å². The number of amides is 1. The predicted octanol–water partition coefficient (Wildman–Crippen LogP) is 2.49. The van der Waals surface area contributed by atoms with E-state index in [0.29, 0.717) is 6.54 Å². The van der Waals surface area contributed by atoms with Crippen molar-refractivity contribution in [3.05, 3.63) is 47.4 Å². The highest BCUT2D eigenvalue weighted by atomic mass is 16.4. The molecule has 1 saturated heterocycles. The fourth-order valence-corrected chi connectivity index (χ4v) is 2.96. The third kappa shape index (κ3) is 3.27. The number of benzene rings is 1. The number of carbonyl (C=O) groups is 2. The maximum absolute atomic E-state index is 11.5. The molecule has 1 aliphatic heterocycles. The summed E-state index contributed by atoms with van der Waals surface area (Å²) in [6.45, 7) is 4.88. The zero-order valence-corrected chi connectivity index (χ0v) is 13.7. The minimum Gasteiger partial charge on any atom is -0.478 e. The maximum Gasteiger partial charge on any atom is 0.335 e. The zero-order chi connectivity index (χ0) is 17.3. The van der Waals surface area contributed by atoms with Crippen molar-refractivity contribution in [2.45, 2.75) is 26.2 Å². The van der Waals surface area contributed by atoms with Gasteiger partial charge >= 0.3 is 5.97 Å². The monoisotopic (exact) mass is 325 g/mol. The molecule has 1 fully saturated rings. The number of hydrogen-bond donors (Lipinski definition) is 1. The van der Waals surface area contributed by atoms with Gasteiger partial charge in [0.25, 0.3) is 0 Å². The highest BCUT2D eigenvalue weighted by molar-refractivity contribution is 5.88. The molecule has 2 aromatic rings. The van der Waals surface area contributed by atoms with Gasteiger partial charge in [0.2, 0.25) is 5.91 Å². The third-order valence-electron chi connectivity index (χ3n) is 4.30. The third-order valence-corrected chi connectivity index (χ3v) is 4.30. The fourth-order valence-electron chi connectivity index (χ4n) is 2.96. The van der Waals surface area contributed by atoms with Gasteiger partial charge in [0, 0.05) is 37.2 Å². The molecule has 3 rings (SSSR count). The van der Waals surface area contributed by atoms with Crippen molar-refractivity contribution >= 4 is 11.9 Å². The second-order valence-corrected chi connectivity index (χ2v) is 6.09. The summed E-state index contributed by atoms with van der Waals surface area (Å²) in [5.74, 6) is 0.0212. The first kappa shape index (κ1) is 16.1. The highest BCUT2D eigenvalue weighted by Gasteiger charge is 2.27. The van der Waals surface area contributed by atoms with E-state index in [1.54, 1.807) is 31.2 Å². The lowest BCUT2D eigenvalue weighted by Gasteiger charge is -2.14. The van der Waals surface area contributed by atoms with Gasteiger partial charge in [-0.15, -0.1) is 0 Å². The molecule has 1 aromatic carbocycles. The standard InChI is InChI=1S/C18H19N3O3/c1-11-9-16(13-3-5-14(6-4-13)18(23)24)20-17(19-11)15-7-8-21(10-15)12(2)22/h3-6,9,15H,7-8,10H2,1-2H3,(H,23,24). The van der Waals surface area contributed by atoms with Crippen LogP contribution in [0.15, 0.2) is 30.3 Å². The van der Waals surface area contributed by atoms with Gasteiger partial charge in [-0.05, 0) is 31.5 Å². The summed E-state index contributed by atoms with van der Waals surface area (Å²) in [4.78, 5) is 33.5. The molecular weight excluding hydrogens is 306 g/mol. The average molecular weight is 325 g/mol. The van der Waals surface area contributed by atoms with Crippen molar-refractivity contribution in [2.24, 2.45) is 0 Å². The Labute approximate surface area is 140 Å². The van der Waals surface area contributed by atoms with Crippen molar-refractivity contribution in [3.8, 4) is 11.3 Å². The molecule has 1 atom stereocenters. The number of aryl methyl sites for hydroxylation is 1. The lowest BCUT2D eigenvalue weighted by molar-refractivity contribution is -0.127. The Hall–Kier alpha value is -2.76. The summed E-state index contributed by atoms with van der Waals surface area (Å²) in [5.41, 5.74) is 2.74. The van der Waals surface area contributed by atoms with Gasteiger partial charge in [-0.2, -0.15) is 0 Å². The average Bonchev–Trinajstić information content (AvgIpc) is 3.05. The molecule has 1 amide bonds. The number of rotatable bonds is 3. The van der Waals surface area contributed by atoms with Crippen LogP contribution in [-0.2, 0) is 4.79 Å². The van der Waals surface area contributed by atoms with Crippen LogP contribution in [-0.4, -0.2) is 44.9 Å². The van der Waals surface area contributed by atoms with E-state index in [4.69, 9.17) is 5.11 Å². The molecular formula is C18H19N3O3. The number of carboxylic acid groups (broad SMARTS) is 1. The maximum atomic E-state index is 11.5. The summed E-state index contributed by atoms with van der Waals surface area (Å²) < 4.78 is 0. The van der Waals surface area contributed by atoms with Crippen LogP contribution in [0.1, 0.15) is 41.1 Å². The van der Waals surface area contributed by atoms with E-state index in [2.05, 4.69) is 9.97 Å². The molecule has 24 heavy (non-hydrogen) atoms. The summed E-state index contributed by atoms with van der Waals surface area (Å²) in [6.07, 6.45) is 0.862. The number of carboxylic acids is 1. The molecule has 1 aliphatic rings. The van der Waals surface area contributed by atoms with Crippen LogP contribution >= 0.6 is 0 Å². The first-order chi connectivity index (χ1) is 11.4. The quantitative estimate of drug-likeness (QED) is 0.937. The molecule has 6 heteroatoms. The van der Waals surface area contributed by atoms with Crippen molar-refractivity contribution in [3.63, 3.8) is 0 Å². The van der Waals surface area contributed by atoms with Gasteiger partial charge < -0.3 is 10.0 Å². The van der Waals surface area contributed by atoms with Gasteiger partial charge in [0.1, 0.15) is 5.82 Å². The molecule has 0 radical (unpaired) electrons. The number of nitrogens with zero attached hydrogens (tertiary/aromatic N) is 3. The van der Waals surface area contributed by atoms with E-state index >= 15 is 0 Å². The van der Waals surface area contributed by atoms with E-state index in [-0.39, 0.29) is 17.4 Å². The number of likely N-dealkylation sites (tertiary alicyclic amines) is 1. The molecule has 1 unspecified atom stereocenters. The Balaban J connectivity index is 1.89. The molecule has 0 spiro atoms. The molecule has 0 bridgehead atoms. The van der Waals surface area contributed by atoms with E-state index in [9.17, 15) is 9.59 Å². The van der Waals surface area contributed by atoms with Crippen molar-refractivity contribution in [1.29, 1.82) is 0 Å². The Bertz CT molecular complexity index is 787. The Morgan fingerprint density at radius 1 is 1.21 bits per heavy atom. The normalized spacial score (nSPS) is 17.1. The fraction of sp³-hybridized carbons (Fsp3) is 0.333. The Morgan fingerprint density at radius 3 is 2.50 bits per heavy atom. The Kier molecular flexibility index (Phi) is 4.29. The minimum absolute atomic E-state index is 0.0784. The van der Waals surface area contributed by atoms with Crippen molar-refractivity contribution < 1.29 is 14.7 Å². The number of carbonyl (C=O) groups excluding carboxylic acids is 1. The topological polar surface area (TPSA) is 83.4 Å². The van der Waals surface area contributed by atoms with Crippen LogP contribution in [0.5, 0.6) is 0 Å².